The van der Waals surface area contributed by atoms with Gasteiger partial charge in [0.15, 0.2) is 0 Å². The van der Waals surface area contributed by atoms with Crippen molar-refractivity contribution in [3.63, 3.8) is 0 Å². The van der Waals surface area contributed by atoms with Crippen LogP contribution in [0.1, 0.15) is 20.8 Å². The van der Waals surface area contributed by atoms with E-state index in [1.165, 1.54) is 0 Å². The zero-order valence-corrected chi connectivity index (χ0v) is 6.01. The van der Waals surface area contributed by atoms with Crippen LogP contribution in [0.4, 0.5) is 0 Å². The van der Waals surface area contributed by atoms with Crippen molar-refractivity contribution in [2.75, 3.05) is 0 Å². The van der Waals surface area contributed by atoms with Gasteiger partial charge in [-0.15, -0.1) is 0 Å². The molecule has 0 aliphatic heterocycles. The average molecular weight is 131 g/mol. The number of carbonyl (C=O) groups is 1. The van der Waals surface area contributed by atoms with E-state index in [0.29, 0.717) is 0 Å². The largest absolute Gasteiger partial charge is 0.480 e. The third-order valence-corrected chi connectivity index (χ3v) is 0.954. The number of carboxylic acids is 1. The number of rotatable bonds is 3. The van der Waals surface area contributed by atoms with Gasteiger partial charge in [-0.1, -0.05) is 13.8 Å². The fourth-order valence-electron chi connectivity index (χ4n) is 0.571. The Morgan fingerprint density at radius 2 is 1.89 bits per heavy atom. The lowest BCUT2D eigenvalue weighted by Gasteiger charge is -2.11. The molecule has 1 atom stereocenters. The maximum Gasteiger partial charge on any atom is 0.320 e. The Balaban J connectivity index is 3.50. The van der Waals surface area contributed by atoms with Crippen molar-refractivity contribution < 1.29 is 9.90 Å². The maximum atomic E-state index is 10.2. The lowest BCUT2D eigenvalue weighted by Crippen LogP contribution is -2.38. The van der Waals surface area contributed by atoms with Gasteiger partial charge in [0, 0.05) is 6.04 Å². The first-order valence-corrected chi connectivity index (χ1v) is 3.03. The Bertz CT molecular complexity index is 101. The van der Waals surface area contributed by atoms with Crippen LogP contribution in [0.5, 0.6) is 0 Å². The van der Waals surface area contributed by atoms with Crippen molar-refractivity contribution in [1.29, 1.82) is 0 Å². The van der Waals surface area contributed by atoms with Gasteiger partial charge in [0.1, 0.15) is 6.04 Å². The van der Waals surface area contributed by atoms with Gasteiger partial charge in [-0.2, -0.15) is 0 Å². The minimum Gasteiger partial charge on any atom is -0.480 e. The van der Waals surface area contributed by atoms with Crippen LogP contribution in [0, 0.1) is 0 Å². The summed E-state index contributed by atoms with van der Waals surface area (Å²) in [6.45, 7) is 5.46. The SMILES string of the molecule is CC(C)NC(C)C(=O)O. The highest BCUT2D eigenvalue weighted by atomic mass is 16.4. The predicted octanol–water partition coefficient (Wildman–Crippen LogP) is 0.457. The zero-order chi connectivity index (χ0) is 7.44. The molecule has 0 radical (unpaired) electrons. The van der Waals surface area contributed by atoms with E-state index < -0.39 is 12.0 Å². The molecular formula is C6H13NO2. The number of hydrogen-bond donors (Lipinski definition) is 2. The molecule has 0 aliphatic rings. The first-order valence-electron chi connectivity index (χ1n) is 3.03. The van der Waals surface area contributed by atoms with Gasteiger partial charge >= 0.3 is 5.97 Å². The van der Waals surface area contributed by atoms with Gasteiger partial charge in [0.05, 0.1) is 0 Å². The monoisotopic (exact) mass is 131 g/mol. The van der Waals surface area contributed by atoms with E-state index in [0.717, 1.165) is 0 Å². The summed E-state index contributed by atoms with van der Waals surface area (Å²) in [5, 5.41) is 11.2. The summed E-state index contributed by atoms with van der Waals surface area (Å²) in [5.41, 5.74) is 0. The Kier molecular flexibility index (Phi) is 3.24. The highest BCUT2D eigenvalue weighted by Crippen LogP contribution is 1.84. The van der Waals surface area contributed by atoms with Gasteiger partial charge in [0.25, 0.3) is 0 Å². The van der Waals surface area contributed by atoms with E-state index in [9.17, 15) is 4.79 Å². The van der Waals surface area contributed by atoms with Crippen LogP contribution >= 0.6 is 0 Å². The van der Waals surface area contributed by atoms with Crippen molar-refractivity contribution >= 4 is 5.97 Å². The summed E-state index contributed by atoms with van der Waals surface area (Å²) in [4.78, 5) is 10.2. The van der Waals surface area contributed by atoms with Crippen LogP contribution < -0.4 is 5.32 Å². The Morgan fingerprint density at radius 3 is 2.00 bits per heavy atom. The second kappa shape index (κ2) is 3.45. The van der Waals surface area contributed by atoms with Crippen LogP contribution in [0.15, 0.2) is 0 Å². The fraction of sp³-hybridized carbons (Fsp3) is 0.833. The quantitative estimate of drug-likeness (QED) is 0.585. The maximum absolute atomic E-state index is 10.2. The van der Waals surface area contributed by atoms with Crippen molar-refractivity contribution in [2.24, 2.45) is 0 Å². The van der Waals surface area contributed by atoms with Gasteiger partial charge in [0.2, 0.25) is 0 Å². The molecule has 2 N–H and O–H groups in total. The minimum absolute atomic E-state index is 0.232. The van der Waals surface area contributed by atoms with E-state index in [-0.39, 0.29) is 6.04 Å². The number of carboxylic acid groups (broad SMARTS) is 1. The molecule has 0 heterocycles. The van der Waals surface area contributed by atoms with Crippen LogP contribution in [0.25, 0.3) is 0 Å². The van der Waals surface area contributed by atoms with Crippen molar-refractivity contribution in [3.05, 3.63) is 0 Å². The molecule has 3 heteroatoms. The summed E-state index contributed by atoms with van der Waals surface area (Å²) in [5.74, 6) is -0.802. The molecule has 1 unspecified atom stereocenters. The summed E-state index contributed by atoms with van der Waals surface area (Å²) >= 11 is 0. The molecule has 0 bridgehead atoms. The van der Waals surface area contributed by atoms with Crippen LogP contribution in [-0.2, 0) is 4.79 Å². The summed E-state index contributed by atoms with van der Waals surface area (Å²) in [6, 6.07) is -0.207. The molecule has 0 saturated heterocycles. The number of hydrogen-bond acceptors (Lipinski definition) is 2. The Morgan fingerprint density at radius 1 is 1.44 bits per heavy atom. The van der Waals surface area contributed by atoms with E-state index in [4.69, 9.17) is 5.11 Å². The summed E-state index contributed by atoms with van der Waals surface area (Å²) < 4.78 is 0. The smallest absolute Gasteiger partial charge is 0.320 e. The molecule has 0 rings (SSSR count). The molecule has 0 aromatic carbocycles. The van der Waals surface area contributed by atoms with E-state index in [2.05, 4.69) is 5.32 Å². The second-order valence-electron chi connectivity index (χ2n) is 2.38. The van der Waals surface area contributed by atoms with Crippen LogP contribution in [0.3, 0.4) is 0 Å². The Hall–Kier alpha value is -0.570. The molecular weight excluding hydrogens is 118 g/mol. The molecule has 3 nitrogen and oxygen atoms in total. The zero-order valence-electron chi connectivity index (χ0n) is 6.01. The van der Waals surface area contributed by atoms with E-state index >= 15 is 0 Å². The predicted molar refractivity (Wildman–Crippen MR) is 35.4 cm³/mol. The van der Waals surface area contributed by atoms with Gasteiger partial charge < -0.3 is 10.4 Å². The standard InChI is InChI=1S/C6H13NO2/c1-4(2)7-5(3)6(8)9/h4-5,7H,1-3H3,(H,8,9). The van der Waals surface area contributed by atoms with E-state index in [1.54, 1.807) is 6.92 Å². The second-order valence-corrected chi connectivity index (χ2v) is 2.38. The molecule has 0 amide bonds. The Labute approximate surface area is 55.1 Å². The molecule has 54 valence electrons. The minimum atomic E-state index is -0.802. The molecule has 0 aromatic heterocycles. The number of nitrogens with one attached hydrogen (secondary N) is 1. The molecule has 0 aliphatic carbocycles. The molecule has 9 heavy (non-hydrogen) atoms. The van der Waals surface area contributed by atoms with E-state index in [1.807, 2.05) is 13.8 Å². The van der Waals surface area contributed by atoms with Crippen molar-refractivity contribution in [2.45, 2.75) is 32.9 Å². The normalized spacial score (nSPS) is 13.8. The third kappa shape index (κ3) is 3.97. The van der Waals surface area contributed by atoms with Crippen LogP contribution in [-0.4, -0.2) is 23.2 Å². The van der Waals surface area contributed by atoms with Crippen molar-refractivity contribution in [3.8, 4) is 0 Å². The van der Waals surface area contributed by atoms with Crippen molar-refractivity contribution in [1.82, 2.24) is 5.32 Å². The molecule has 0 fully saturated rings. The van der Waals surface area contributed by atoms with Gasteiger partial charge in [-0.25, -0.2) is 0 Å². The first kappa shape index (κ1) is 8.43. The topological polar surface area (TPSA) is 49.3 Å². The highest BCUT2D eigenvalue weighted by Gasteiger charge is 2.09. The lowest BCUT2D eigenvalue weighted by molar-refractivity contribution is -0.139. The molecule has 0 spiro atoms. The first-order chi connectivity index (χ1) is 4.04. The molecule has 0 saturated carbocycles. The van der Waals surface area contributed by atoms with Crippen LogP contribution in [0.2, 0.25) is 0 Å². The summed E-state index contributed by atoms with van der Waals surface area (Å²) in [6.07, 6.45) is 0. The molecule has 0 aromatic rings. The average Bonchev–Trinajstić information content (AvgIpc) is 1.63. The van der Waals surface area contributed by atoms with Gasteiger partial charge in [-0.05, 0) is 6.92 Å². The summed E-state index contributed by atoms with van der Waals surface area (Å²) in [7, 11) is 0. The highest BCUT2D eigenvalue weighted by molar-refractivity contribution is 5.72. The lowest BCUT2D eigenvalue weighted by atomic mass is 10.3. The fourth-order valence-corrected chi connectivity index (χ4v) is 0.571. The third-order valence-electron chi connectivity index (χ3n) is 0.954. The van der Waals surface area contributed by atoms with Gasteiger partial charge in [-0.3, -0.25) is 4.79 Å². The number of aliphatic carboxylic acids is 1.